The highest BCUT2D eigenvalue weighted by Gasteiger charge is 2.17. The molecule has 1 aliphatic heterocycles. The summed E-state index contributed by atoms with van der Waals surface area (Å²) < 4.78 is 16.1. The van der Waals surface area contributed by atoms with E-state index < -0.39 is 0 Å². The topological polar surface area (TPSA) is 98.8 Å². The molecule has 0 bridgehead atoms. The smallest absolute Gasteiger partial charge is 0.258 e. The number of hydrogen-bond donors (Lipinski definition) is 2. The van der Waals surface area contributed by atoms with Crippen molar-refractivity contribution in [2.75, 3.05) is 44.5 Å². The number of nitrogens with one attached hydrogen (secondary N) is 2. The van der Waals surface area contributed by atoms with E-state index in [9.17, 15) is 9.59 Å². The molecule has 2 N–H and O–H groups in total. The van der Waals surface area contributed by atoms with Gasteiger partial charge in [0.25, 0.3) is 5.91 Å². The van der Waals surface area contributed by atoms with Crippen molar-refractivity contribution in [1.82, 2.24) is 10.3 Å². The first kappa shape index (κ1) is 23.1. The number of carbonyl (C=O) groups is 2. The second kappa shape index (κ2) is 11.2. The monoisotopic (exact) mass is 485 g/mol. The highest BCUT2D eigenvalue weighted by molar-refractivity contribution is 8.00. The molecule has 0 saturated heterocycles. The molecule has 8 nitrogen and oxygen atoms in total. The van der Waals surface area contributed by atoms with Gasteiger partial charge in [-0.05, 0) is 30.3 Å². The van der Waals surface area contributed by atoms with Gasteiger partial charge in [-0.2, -0.15) is 0 Å². The zero-order valence-corrected chi connectivity index (χ0v) is 19.6. The van der Waals surface area contributed by atoms with Gasteiger partial charge in [0.15, 0.2) is 16.6 Å². The summed E-state index contributed by atoms with van der Waals surface area (Å²) in [7, 11) is 1.58. The maximum Gasteiger partial charge on any atom is 0.258 e. The second-order valence-corrected chi connectivity index (χ2v) is 8.85. The second-order valence-electron chi connectivity index (χ2n) is 6.98. The van der Waals surface area contributed by atoms with Crippen LogP contribution in [0.25, 0.3) is 11.3 Å². The van der Waals surface area contributed by atoms with Crippen LogP contribution < -0.4 is 20.1 Å². The molecule has 3 aromatic rings. The molecule has 0 aliphatic carbocycles. The Kier molecular flexibility index (Phi) is 7.82. The Morgan fingerprint density at radius 2 is 1.97 bits per heavy atom. The summed E-state index contributed by atoms with van der Waals surface area (Å²) in [6, 6.07) is 12.8. The van der Waals surface area contributed by atoms with Crippen molar-refractivity contribution in [3.05, 3.63) is 53.4 Å². The minimum Gasteiger partial charge on any atom is -0.486 e. The molecular weight excluding hydrogens is 462 g/mol. The first-order chi connectivity index (χ1) is 16.1. The number of fused-ring (bicyclic) bond motifs is 1. The van der Waals surface area contributed by atoms with Crippen molar-refractivity contribution >= 4 is 40.0 Å². The Hall–Kier alpha value is -3.08. The summed E-state index contributed by atoms with van der Waals surface area (Å²) in [4.78, 5) is 30.2. The maximum atomic E-state index is 12.9. The van der Waals surface area contributed by atoms with Gasteiger partial charge in [-0.3, -0.25) is 14.9 Å². The first-order valence-corrected chi connectivity index (χ1v) is 12.1. The largest absolute Gasteiger partial charge is 0.486 e. The van der Waals surface area contributed by atoms with E-state index in [1.165, 1.54) is 23.1 Å². The number of hydrogen-bond acceptors (Lipinski definition) is 8. The van der Waals surface area contributed by atoms with Crippen molar-refractivity contribution in [1.29, 1.82) is 0 Å². The van der Waals surface area contributed by atoms with Gasteiger partial charge in [-0.25, -0.2) is 4.98 Å². The number of methoxy groups -OCH3 is 1. The standard InChI is InChI=1S/C23H23N3O5S2/c1-29-9-8-24-21(27)14-32-20-5-3-2-4-16(20)22(28)26-23-25-17(13-33-23)15-6-7-18-19(12-15)31-11-10-30-18/h2-7,12-13H,8-11,14H2,1H3,(H,24,27)(H,25,26,28). The fraction of sp³-hybridized carbons (Fsp3) is 0.261. The van der Waals surface area contributed by atoms with Crippen molar-refractivity contribution in [3.8, 4) is 22.8 Å². The molecule has 2 aromatic carbocycles. The first-order valence-electron chi connectivity index (χ1n) is 10.3. The van der Waals surface area contributed by atoms with Crippen LogP contribution in [-0.4, -0.2) is 56.0 Å². The third kappa shape index (κ3) is 6.04. The minimum absolute atomic E-state index is 0.115. The number of rotatable bonds is 9. The number of anilines is 1. The maximum absolute atomic E-state index is 12.9. The summed E-state index contributed by atoms with van der Waals surface area (Å²) >= 11 is 2.65. The molecule has 1 aromatic heterocycles. The van der Waals surface area contributed by atoms with Gasteiger partial charge in [-0.15, -0.1) is 23.1 Å². The van der Waals surface area contributed by atoms with E-state index in [0.29, 0.717) is 42.8 Å². The Labute approximate surface area is 199 Å². The van der Waals surface area contributed by atoms with Gasteiger partial charge in [0, 0.05) is 29.5 Å². The molecule has 33 heavy (non-hydrogen) atoms. The van der Waals surface area contributed by atoms with Crippen LogP contribution in [0.3, 0.4) is 0 Å². The Balaban J connectivity index is 1.40. The number of amides is 2. The number of benzene rings is 2. The van der Waals surface area contributed by atoms with E-state index in [4.69, 9.17) is 14.2 Å². The van der Waals surface area contributed by atoms with Crippen LogP contribution in [0, 0.1) is 0 Å². The fourth-order valence-electron chi connectivity index (χ4n) is 3.10. The number of nitrogens with zero attached hydrogens (tertiary/aromatic N) is 1. The highest BCUT2D eigenvalue weighted by atomic mass is 32.2. The van der Waals surface area contributed by atoms with E-state index in [0.717, 1.165) is 21.9 Å². The molecule has 0 saturated carbocycles. The Bertz CT molecular complexity index is 1130. The number of aromatic nitrogens is 1. The average molecular weight is 486 g/mol. The van der Waals surface area contributed by atoms with Crippen molar-refractivity contribution in [3.63, 3.8) is 0 Å². The molecule has 1 aliphatic rings. The summed E-state index contributed by atoms with van der Waals surface area (Å²) in [6.45, 7) is 1.96. The van der Waals surface area contributed by atoms with Crippen LogP contribution in [0.1, 0.15) is 10.4 Å². The van der Waals surface area contributed by atoms with Gasteiger partial charge >= 0.3 is 0 Å². The third-order valence-corrected chi connectivity index (χ3v) is 6.51. The summed E-state index contributed by atoms with van der Waals surface area (Å²) in [5.41, 5.74) is 2.11. The number of thiazole rings is 1. The van der Waals surface area contributed by atoms with Gasteiger partial charge < -0.3 is 19.5 Å². The van der Waals surface area contributed by atoms with E-state index in [1.54, 1.807) is 19.2 Å². The Morgan fingerprint density at radius 3 is 2.82 bits per heavy atom. The zero-order valence-electron chi connectivity index (χ0n) is 18.0. The van der Waals surface area contributed by atoms with E-state index in [1.807, 2.05) is 35.7 Å². The quantitative estimate of drug-likeness (QED) is 0.352. The fourth-order valence-corrected chi connectivity index (χ4v) is 4.69. The van der Waals surface area contributed by atoms with Gasteiger partial charge in [0.05, 0.1) is 23.6 Å². The van der Waals surface area contributed by atoms with Crippen molar-refractivity contribution < 1.29 is 23.8 Å². The normalized spacial score (nSPS) is 12.3. The minimum atomic E-state index is -0.277. The predicted molar refractivity (Wildman–Crippen MR) is 129 cm³/mol. The molecule has 2 amide bonds. The van der Waals surface area contributed by atoms with Crippen LogP contribution in [0.4, 0.5) is 5.13 Å². The van der Waals surface area contributed by atoms with E-state index in [2.05, 4.69) is 15.6 Å². The lowest BCUT2D eigenvalue weighted by atomic mass is 10.1. The van der Waals surface area contributed by atoms with Crippen LogP contribution in [-0.2, 0) is 9.53 Å². The molecule has 0 fully saturated rings. The molecule has 0 radical (unpaired) electrons. The SMILES string of the molecule is COCCNC(=O)CSc1ccccc1C(=O)Nc1nc(-c2ccc3c(c2)OCCO3)cs1. The molecule has 172 valence electrons. The molecule has 0 unspecified atom stereocenters. The van der Waals surface area contributed by atoms with Crippen LogP contribution in [0.5, 0.6) is 11.5 Å². The van der Waals surface area contributed by atoms with Gasteiger partial charge in [-0.1, -0.05) is 12.1 Å². The van der Waals surface area contributed by atoms with Crippen LogP contribution in [0.2, 0.25) is 0 Å². The summed E-state index contributed by atoms with van der Waals surface area (Å²) in [5, 5.41) is 8.00. The van der Waals surface area contributed by atoms with Crippen LogP contribution >= 0.6 is 23.1 Å². The Morgan fingerprint density at radius 1 is 1.15 bits per heavy atom. The lowest BCUT2D eigenvalue weighted by Gasteiger charge is -2.18. The van der Waals surface area contributed by atoms with E-state index in [-0.39, 0.29) is 17.6 Å². The van der Waals surface area contributed by atoms with Gasteiger partial charge in [0.1, 0.15) is 13.2 Å². The predicted octanol–water partition coefficient (Wildman–Crippen LogP) is 3.69. The lowest BCUT2D eigenvalue weighted by molar-refractivity contribution is -0.118. The van der Waals surface area contributed by atoms with Crippen LogP contribution in [0.15, 0.2) is 52.7 Å². The highest BCUT2D eigenvalue weighted by Crippen LogP contribution is 2.35. The molecule has 2 heterocycles. The third-order valence-electron chi connectivity index (χ3n) is 4.68. The number of ether oxygens (including phenoxy) is 3. The lowest BCUT2D eigenvalue weighted by Crippen LogP contribution is -2.28. The zero-order chi connectivity index (χ0) is 23.0. The van der Waals surface area contributed by atoms with Crippen molar-refractivity contribution in [2.45, 2.75) is 4.90 Å². The molecule has 0 atom stereocenters. The number of carbonyl (C=O) groups excluding carboxylic acids is 2. The average Bonchev–Trinajstić information content (AvgIpc) is 3.31. The van der Waals surface area contributed by atoms with E-state index >= 15 is 0 Å². The molecule has 10 heteroatoms. The molecule has 0 spiro atoms. The summed E-state index contributed by atoms with van der Waals surface area (Å²) in [5.74, 6) is 1.22. The van der Waals surface area contributed by atoms with Crippen molar-refractivity contribution in [2.24, 2.45) is 0 Å². The molecule has 4 rings (SSSR count). The number of thioether (sulfide) groups is 1. The molecular formula is C23H23N3O5S2. The van der Waals surface area contributed by atoms with Gasteiger partial charge in [0.2, 0.25) is 5.91 Å². The summed E-state index contributed by atoms with van der Waals surface area (Å²) in [6.07, 6.45) is 0.